The minimum atomic E-state index is -0.224. The number of benzene rings is 1. The fraction of sp³-hybridized carbons (Fsp3) is 0.417. The molecule has 5 rings (SSSR count). The topological polar surface area (TPSA) is 61.3 Å². The summed E-state index contributed by atoms with van der Waals surface area (Å²) >= 11 is 6.28. The van der Waals surface area contributed by atoms with Gasteiger partial charge in [-0.2, -0.15) is 4.98 Å². The quantitative estimate of drug-likeness (QED) is 0.565. The number of nitrogens with zero attached hydrogens (tertiary/aromatic N) is 7. The molecule has 3 aromatic rings. The van der Waals surface area contributed by atoms with Crippen molar-refractivity contribution in [1.29, 1.82) is 0 Å². The summed E-state index contributed by atoms with van der Waals surface area (Å²) < 4.78 is 14.3. The fourth-order valence-electron chi connectivity index (χ4n) is 4.54. The van der Waals surface area contributed by atoms with Crippen LogP contribution in [0.4, 0.5) is 22.0 Å². The molecule has 2 aromatic heterocycles. The molecular weight excluding hydrogens is 441 g/mol. The molecule has 1 aromatic carbocycles. The number of hydrogen-bond acceptors (Lipinski definition) is 7. The minimum absolute atomic E-state index is 0.167. The van der Waals surface area contributed by atoms with E-state index in [4.69, 9.17) is 21.6 Å². The Morgan fingerprint density at radius 2 is 1.76 bits per heavy atom. The maximum Gasteiger partial charge on any atom is 0.227 e. The molecule has 0 aliphatic carbocycles. The predicted octanol–water partition coefficient (Wildman–Crippen LogP) is 4.35. The summed E-state index contributed by atoms with van der Waals surface area (Å²) in [5.41, 5.74) is 2.13. The normalized spacial score (nSPS) is 18.8. The van der Waals surface area contributed by atoms with Crippen molar-refractivity contribution in [2.75, 3.05) is 47.4 Å². The highest BCUT2D eigenvalue weighted by atomic mass is 35.5. The number of halogens is 2. The third-order valence-corrected chi connectivity index (χ3v) is 6.68. The first-order valence-electron chi connectivity index (χ1n) is 11.4. The van der Waals surface area contributed by atoms with Gasteiger partial charge in [-0.3, -0.25) is 0 Å². The van der Waals surface area contributed by atoms with E-state index in [2.05, 4.69) is 31.6 Å². The first-order chi connectivity index (χ1) is 16.0. The van der Waals surface area contributed by atoms with Gasteiger partial charge in [-0.25, -0.2) is 19.3 Å². The van der Waals surface area contributed by atoms with Gasteiger partial charge in [-0.1, -0.05) is 23.7 Å². The number of piperazine rings is 1. The zero-order chi connectivity index (χ0) is 22.9. The van der Waals surface area contributed by atoms with Gasteiger partial charge < -0.3 is 14.7 Å². The Bertz CT molecular complexity index is 1150. The molecule has 0 radical (unpaired) electrons. The summed E-state index contributed by atoms with van der Waals surface area (Å²) in [6.07, 6.45) is 5.53. The van der Waals surface area contributed by atoms with Crippen LogP contribution in [-0.2, 0) is 0 Å². The molecule has 172 valence electrons. The highest BCUT2D eigenvalue weighted by molar-refractivity contribution is 6.31. The average Bonchev–Trinajstić information content (AvgIpc) is 3.36. The lowest BCUT2D eigenvalue weighted by Crippen LogP contribution is -2.52. The molecule has 1 atom stereocenters. The SMILES string of the molecule is Cc1ccc(-c2cc(N3CCN(c4nccnc4Cl)CC3C)nc(N3CCCC3)n2)cc1F. The van der Waals surface area contributed by atoms with Crippen molar-refractivity contribution in [1.82, 2.24) is 19.9 Å². The second-order valence-electron chi connectivity index (χ2n) is 8.73. The smallest absolute Gasteiger partial charge is 0.227 e. The van der Waals surface area contributed by atoms with Gasteiger partial charge in [0.1, 0.15) is 11.6 Å². The van der Waals surface area contributed by atoms with E-state index in [1.165, 1.54) is 0 Å². The standard InChI is InChI=1S/C24H27ClFN7/c1-16-5-6-18(13-19(16)26)20-14-21(30-24(29-20)31-9-3-4-10-31)33-12-11-32(15-17(33)2)23-22(25)27-7-8-28-23/h5-8,13-14,17H,3-4,9-12,15H2,1-2H3. The van der Waals surface area contributed by atoms with Crippen LogP contribution in [0.2, 0.25) is 5.15 Å². The lowest BCUT2D eigenvalue weighted by atomic mass is 10.1. The van der Waals surface area contributed by atoms with Crippen LogP contribution >= 0.6 is 11.6 Å². The molecule has 1 unspecified atom stereocenters. The second-order valence-corrected chi connectivity index (χ2v) is 9.09. The first-order valence-corrected chi connectivity index (χ1v) is 11.8. The van der Waals surface area contributed by atoms with E-state index in [-0.39, 0.29) is 11.9 Å². The van der Waals surface area contributed by atoms with Gasteiger partial charge in [0.05, 0.1) is 5.69 Å². The van der Waals surface area contributed by atoms with Gasteiger partial charge >= 0.3 is 0 Å². The van der Waals surface area contributed by atoms with Crippen LogP contribution in [0.5, 0.6) is 0 Å². The Hall–Kier alpha value is -3.00. The molecule has 0 N–H and O–H groups in total. The largest absolute Gasteiger partial charge is 0.350 e. The number of rotatable bonds is 4. The van der Waals surface area contributed by atoms with Gasteiger partial charge in [0.2, 0.25) is 5.95 Å². The molecule has 2 fully saturated rings. The lowest BCUT2D eigenvalue weighted by molar-refractivity contribution is 0.542. The molecule has 9 heteroatoms. The molecule has 0 spiro atoms. The molecule has 0 bridgehead atoms. The van der Waals surface area contributed by atoms with Gasteiger partial charge in [-0.05, 0) is 38.3 Å². The summed E-state index contributed by atoms with van der Waals surface area (Å²) in [6, 6.07) is 7.43. The molecule has 2 aliphatic rings. The van der Waals surface area contributed by atoms with Crippen LogP contribution < -0.4 is 14.7 Å². The molecule has 7 nitrogen and oxygen atoms in total. The van der Waals surface area contributed by atoms with Crippen LogP contribution in [0.1, 0.15) is 25.3 Å². The summed E-state index contributed by atoms with van der Waals surface area (Å²) in [7, 11) is 0. The monoisotopic (exact) mass is 467 g/mol. The maximum absolute atomic E-state index is 14.3. The third kappa shape index (κ3) is 4.44. The number of hydrogen-bond donors (Lipinski definition) is 0. The molecule has 2 aliphatic heterocycles. The van der Waals surface area contributed by atoms with Crippen molar-refractivity contribution in [3.63, 3.8) is 0 Å². The van der Waals surface area contributed by atoms with Gasteiger partial charge in [0.25, 0.3) is 0 Å². The number of anilines is 3. The van der Waals surface area contributed by atoms with E-state index >= 15 is 0 Å². The Labute approximate surface area is 198 Å². The van der Waals surface area contributed by atoms with E-state index in [0.717, 1.165) is 62.6 Å². The van der Waals surface area contributed by atoms with Crippen molar-refractivity contribution < 1.29 is 4.39 Å². The highest BCUT2D eigenvalue weighted by Crippen LogP contribution is 2.30. The van der Waals surface area contributed by atoms with E-state index in [9.17, 15) is 4.39 Å². The average molecular weight is 468 g/mol. The Balaban J connectivity index is 1.47. The molecule has 0 amide bonds. The molecular formula is C24H27ClFN7. The van der Waals surface area contributed by atoms with Crippen LogP contribution in [0.3, 0.4) is 0 Å². The fourth-order valence-corrected chi connectivity index (χ4v) is 4.77. The molecule has 2 saturated heterocycles. The van der Waals surface area contributed by atoms with Crippen molar-refractivity contribution in [2.24, 2.45) is 0 Å². The van der Waals surface area contributed by atoms with E-state index < -0.39 is 0 Å². The predicted molar refractivity (Wildman–Crippen MR) is 130 cm³/mol. The Morgan fingerprint density at radius 3 is 2.48 bits per heavy atom. The third-order valence-electron chi connectivity index (χ3n) is 6.41. The highest BCUT2D eigenvalue weighted by Gasteiger charge is 2.28. The first kappa shape index (κ1) is 21.8. The van der Waals surface area contributed by atoms with Crippen LogP contribution in [0.15, 0.2) is 36.7 Å². The summed E-state index contributed by atoms with van der Waals surface area (Å²) in [5.74, 6) is 2.06. The van der Waals surface area contributed by atoms with E-state index in [1.807, 2.05) is 12.1 Å². The van der Waals surface area contributed by atoms with Crippen molar-refractivity contribution in [3.8, 4) is 11.3 Å². The van der Waals surface area contributed by atoms with Crippen LogP contribution in [0, 0.1) is 12.7 Å². The van der Waals surface area contributed by atoms with Crippen LogP contribution in [0.25, 0.3) is 11.3 Å². The minimum Gasteiger partial charge on any atom is -0.350 e. The summed E-state index contributed by atoms with van der Waals surface area (Å²) in [5, 5.41) is 0.417. The van der Waals surface area contributed by atoms with Crippen molar-refractivity contribution in [3.05, 3.63) is 53.2 Å². The van der Waals surface area contributed by atoms with E-state index in [0.29, 0.717) is 22.5 Å². The van der Waals surface area contributed by atoms with Crippen molar-refractivity contribution in [2.45, 2.75) is 32.7 Å². The zero-order valence-corrected chi connectivity index (χ0v) is 19.6. The van der Waals surface area contributed by atoms with Gasteiger partial charge in [-0.15, -0.1) is 0 Å². The number of aromatic nitrogens is 4. The Morgan fingerprint density at radius 1 is 0.970 bits per heavy atom. The molecule has 0 saturated carbocycles. The number of aryl methyl sites for hydroxylation is 1. The molecule has 4 heterocycles. The lowest BCUT2D eigenvalue weighted by Gasteiger charge is -2.41. The van der Waals surface area contributed by atoms with Gasteiger partial charge in [0.15, 0.2) is 11.0 Å². The van der Waals surface area contributed by atoms with Crippen molar-refractivity contribution >= 4 is 29.2 Å². The van der Waals surface area contributed by atoms with Crippen LogP contribution in [-0.4, -0.2) is 58.7 Å². The van der Waals surface area contributed by atoms with Gasteiger partial charge in [0, 0.05) is 62.8 Å². The Kier molecular flexibility index (Phi) is 6.01. The maximum atomic E-state index is 14.3. The summed E-state index contributed by atoms with van der Waals surface area (Å²) in [4.78, 5) is 25.0. The second kappa shape index (κ2) is 9.09. The summed E-state index contributed by atoms with van der Waals surface area (Å²) in [6.45, 7) is 8.08. The van der Waals surface area contributed by atoms with E-state index in [1.54, 1.807) is 31.5 Å². The molecule has 33 heavy (non-hydrogen) atoms. The zero-order valence-electron chi connectivity index (χ0n) is 18.9.